The van der Waals surface area contributed by atoms with Gasteiger partial charge in [0.25, 0.3) is 0 Å². The van der Waals surface area contributed by atoms with Crippen LogP contribution in [0, 0.1) is 0 Å². The first-order valence-electron chi connectivity index (χ1n) is 10.3. The minimum absolute atomic E-state index is 0.263. The largest absolute Gasteiger partial charge is 0.496 e. The van der Waals surface area contributed by atoms with E-state index in [1.54, 1.807) is 55.7 Å². The lowest BCUT2D eigenvalue weighted by Gasteiger charge is -2.24. The quantitative estimate of drug-likeness (QED) is 0.602. The zero-order chi connectivity index (χ0) is 23.4. The van der Waals surface area contributed by atoms with Gasteiger partial charge in [0.2, 0.25) is 0 Å². The van der Waals surface area contributed by atoms with E-state index in [4.69, 9.17) is 24.4 Å². The molecule has 2 N–H and O–H groups in total. The highest BCUT2D eigenvalue weighted by atomic mass is 16.6. The van der Waals surface area contributed by atoms with Crippen molar-refractivity contribution in [3.63, 3.8) is 0 Å². The molecule has 10 nitrogen and oxygen atoms in total. The van der Waals surface area contributed by atoms with Gasteiger partial charge in [-0.2, -0.15) is 0 Å². The summed E-state index contributed by atoms with van der Waals surface area (Å²) in [5.74, 6) is 1.00. The van der Waals surface area contributed by atoms with Crippen LogP contribution in [0.3, 0.4) is 0 Å². The van der Waals surface area contributed by atoms with Crippen LogP contribution in [0.15, 0.2) is 59.5 Å². The molecule has 3 aromatic rings. The molecule has 1 fully saturated rings. The van der Waals surface area contributed by atoms with Gasteiger partial charge < -0.3 is 24.4 Å². The number of urea groups is 1. The van der Waals surface area contributed by atoms with Crippen molar-refractivity contribution >= 4 is 29.2 Å². The molecule has 0 bridgehead atoms. The van der Waals surface area contributed by atoms with Crippen molar-refractivity contribution in [2.24, 2.45) is 5.73 Å². The lowest BCUT2D eigenvalue weighted by Crippen LogP contribution is -2.33. The highest BCUT2D eigenvalue weighted by Gasteiger charge is 2.24. The molecule has 0 radical (unpaired) electrons. The second-order valence-electron chi connectivity index (χ2n) is 7.37. The van der Waals surface area contributed by atoms with E-state index in [0.29, 0.717) is 53.8 Å². The highest BCUT2D eigenvalue weighted by molar-refractivity contribution is 6.00. The van der Waals surface area contributed by atoms with E-state index in [0.717, 1.165) is 0 Å². The summed E-state index contributed by atoms with van der Waals surface area (Å²) >= 11 is 0. The zero-order valence-corrected chi connectivity index (χ0v) is 18.3. The molecule has 10 heteroatoms. The summed E-state index contributed by atoms with van der Waals surface area (Å²) in [6.07, 6.45) is 2.79. The minimum Gasteiger partial charge on any atom is -0.496 e. The van der Waals surface area contributed by atoms with Crippen molar-refractivity contribution in [2.45, 2.75) is 12.5 Å². The Morgan fingerprint density at radius 3 is 2.61 bits per heavy atom. The van der Waals surface area contributed by atoms with Gasteiger partial charge >= 0.3 is 12.1 Å². The molecule has 2 aromatic carbocycles. The second kappa shape index (κ2) is 9.61. The van der Waals surface area contributed by atoms with E-state index in [1.165, 1.54) is 23.3 Å². The fourth-order valence-electron chi connectivity index (χ4n) is 3.55. The van der Waals surface area contributed by atoms with E-state index in [-0.39, 0.29) is 6.10 Å². The third-order valence-electron chi connectivity index (χ3n) is 5.27. The first-order chi connectivity index (χ1) is 16.0. The number of ether oxygens (including phenoxy) is 3. The Balaban J connectivity index is 1.62. The monoisotopic (exact) mass is 452 g/mol. The van der Waals surface area contributed by atoms with Crippen molar-refractivity contribution in [3.05, 3.63) is 55.1 Å². The number of anilines is 3. The minimum atomic E-state index is -0.699. The maximum absolute atomic E-state index is 12.5. The normalized spacial score (nSPS) is 15.2. The zero-order valence-electron chi connectivity index (χ0n) is 18.3. The number of aromatic nitrogens is 1. The van der Waals surface area contributed by atoms with E-state index < -0.39 is 12.1 Å². The number of amides is 3. The summed E-state index contributed by atoms with van der Waals surface area (Å²) in [6.45, 7) is 0.963. The van der Waals surface area contributed by atoms with Gasteiger partial charge in [-0.25, -0.2) is 14.6 Å². The fraction of sp³-hybridized carbons (Fsp3) is 0.261. The number of carbonyl (C=O) groups is 2. The van der Waals surface area contributed by atoms with Gasteiger partial charge in [-0.15, -0.1) is 0 Å². The fourth-order valence-corrected chi connectivity index (χ4v) is 3.55. The third kappa shape index (κ3) is 4.75. The number of nitrogens with zero attached hydrogens (tertiary/aromatic N) is 3. The first-order valence-corrected chi connectivity index (χ1v) is 10.3. The summed E-state index contributed by atoms with van der Waals surface area (Å²) in [5.41, 5.74) is 7.88. The molecule has 1 saturated heterocycles. The summed E-state index contributed by atoms with van der Waals surface area (Å²) < 4.78 is 21.6. The lowest BCUT2D eigenvalue weighted by molar-refractivity contribution is 0.0890. The average Bonchev–Trinajstić information content (AvgIpc) is 3.53. The van der Waals surface area contributed by atoms with Gasteiger partial charge in [0.05, 0.1) is 43.5 Å². The van der Waals surface area contributed by atoms with Crippen molar-refractivity contribution in [2.75, 3.05) is 37.2 Å². The Morgan fingerprint density at radius 2 is 1.94 bits per heavy atom. The van der Waals surface area contributed by atoms with Gasteiger partial charge in [0.1, 0.15) is 11.9 Å². The summed E-state index contributed by atoms with van der Waals surface area (Å²) in [7, 11) is 3.12. The number of hydrogen-bond donors (Lipinski definition) is 1. The van der Waals surface area contributed by atoms with Crippen LogP contribution in [0.4, 0.5) is 26.7 Å². The Labute approximate surface area is 190 Å². The van der Waals surface area contributed by atoms with Crippen LogP contribution in [0.2, 0.25) is 0 Å². The summed E-state index contributed by atoms with van der Waals surface area (Å²) in [5, 5.41) is 0. The van der Waals surface area contributed by atoms with Gasteiger partial charge in [-0.05, 0) is 30.3 Å². The number of rotatable bonds is 6. The van der Waals surface area contributed by atoms with Crippen LogP contribution in [-0.2, 0) is 9.47 Å². The number of hydrogen-bond acceptors (Lipinski definition) is 7. The average molecular weight is 452 g/mol. The smallest absolute Gasteiger partial charge is 0.414 e. The molecule has 1 aliphatic rings. The lowest BCUT2D eigenvalue weighted by atomic mass is 10.1. The van der Waals surface area contributed by atoms with Gasteiger partial charge in [-0.1, -0.05) is 6.07 Å². The predicted octanol–water partition coefficient (Wildman–Crippen LogP) is 3.93. The molecule has 3 amide bonds. The maximum Gasteiger partial charge on any atom is 0.414 e. The van der Waals surface area contributed by atoms with Crippen LogP contribution in [0.5, 0.6) is 5.75 Å². The van der Waals surface area contributed by atoms with Crippen molar-refractivity contribution in [3.8, 4) is 17.1 Å². The van der Waals surface area contributed by atoms with E-state index in [2.05, 4.69) is 4.98 Å². The van der Waals surface area contributed by atoms with Gasteiger partial charge in [0.15, 0.2) is 12.2 Å². The molecule has 0 spiro atoms. The third-order valence-corrected chi connectivity index (χ3v) is 5.27. The van der Waals surface area contributed by atoms with Crippen LogP contribution >= 0.6 is 0 Å². The van der Waals surface area contributed by atoms with Crippen LogP contribution in [0.25, 0.3) is 11.3 Å². The highest BCUT2D eigenvalue weighted by Crippen LogP contribution is 2.36. The van der Waals surface area contributed by atoms with Gasteiger partial charge in [-0.3, -0.25) is 9.80 Å². The standard InChI is InChI=1S/C23H24N4O6/c1-26(23(29)33-18-8-9-31-13-18)15-4-3-5-16(10-15)27(22(24)28)17-6-7-19(20(11-17)30-2)21-12-25-14-32-21/h3-7,10-12,14,18H,8-9,13H2,1-2H3,(H2,24,28). The van der Waals surface area contributed by atoms with Crippen molar-refractivity contribution in [1.82, 2.24) is 4.98 Å². The summed E-state index contributed by atoms with van der Waals surface area (Å²) in [6, 6.07) is 11.3. The molecule has 1 aliphatic heterocycles. The molecule has 172 valence electrons. The van der Waals surface area contributed by atoms with Crippen LogP contribution < -0.4 is 20.3 Å². The molecule has 4 rings (SSSR count). The number of benzene rings is 2. The second-order valence-corrected chi connectivity index (χ2v) is 7.37. The van der Waals surface area contributed by atoms with Crippen LogP contribution in [-0.4, -0.2) is 50.6 Å². The number of nitrogens with two attached hydrogens (primary N) is 1. The molecule has 33 heavy (non-hydrogen) atoms. The Kier molecular flexibility index (Phi) is 6.45. The maximum atomic E-state index is 12.5. The first kappa shape index (κ1) is 22.2. The van der Waals surface area contributed by atoms with Crippen molar-refractivity contribution in [1.29, 1.82) is 0 Å². The number of carbonyl (C=O) groups excluding carboxylic acids is 2. The van der Waals surface area contributed by atoms with Crippen LogP contribution in [0.1, 0.15) is 6.42 Å². The van der Waals surface area contributed by atoms with E-state index >= 15 is 0 Å². The molecular formula is C23H24N4O6. The number of primary amides is 1. The summed E-state index contributed by atoms with van der Waals surface area (Å²) in [4.78, 5) is 31.6. The van der Waals surface area contributed by atoms with E-state index in [1.807, 2.05) is 0 Å². The molecule has 1 atom stereocenters. The van der Waals surface area contributed by atoms with E-state index in [9.17, 15) is 9.59 Å². The Bertz CT molecular complexity index is 1130. The number of oxazole rings is 1. The molecule has 1 aromatic heterocycles. The predicted molar refractivity (Wildman–Crippen MR) is 121 cm³/mol. The topological polar surface area (TPSA) is 120 Å². The van der Waals surface area contributed by atoms with Crippen molar-refractivity contribution < 1.29 is 28.2 Å². The molecule has 0 aliphatic carbocycles. The molecule has 1 unspecified atom stereocenters. The Hall–Kier alpha value is -4.05. The molecule has 2 heterocycles. The number of methoxy groups -OCH3 is 1. The van der Waals surface area contributed by atoms with Gasteiger partial charge in [0, 0.05) is 25.2 Å². The molecular weight excluding hydrogens is 428 g/mol. The SMILES string of the molecule is COc1cc(N(C(N)=O)c2cccc(N(C)C(=O)OC3CCOC3)c2)ccc1-c1cnco1. The molecule has 0 saturated carbocycles. The Morgan fingerprint density at radius 1 is 1.15 bits per heavy atom.